The van der Waals surface area contributed by atoms with Gasteiger partial charge in [-0.25, -0.2) is 9.18 Å². The summed E-state index contributed by atoms with van der Waals surface area (Å²) < 4.78 is 23.6. The van der Waals surface area contributed by atoms with E-state index in [2.05, 4.69) is 12.1 Å². The fourth-order valence-electron chi connectivity index (χ4n) is 3.56. The zero-order valence-electron chi connectivity index (χ0n) is 17.1. The molecule has 1 heterocycles. The Morgan fingerprint density at radius 3 is 2.53 bits per heavy atom. The lowest BCUT2D eigenvalue weighted by molar-refractivity contribution is -0.148. The molecule has 0 aromatic heterocycles. The Morgan fingerprint density at radius 1 is 1.13 bits per heavy atom. The Balaban J connectivity index is 1.40. The molecule has 0 aliphatic carbocycles. The zero-order chi connectivity index (χ0) is 21.3. The van der Waals surface area contributed by atoms with E-state index in [1.807, 2.05) is 18.2 Å². The summed E-state index contributed by atoms with van der Waals surface area (Å²) in [5.41, 5.74) is 1.82. The van der Waals surface area contributed by atoms with Gasteiger partial charge in [-0.1, -0.05) is 36.4 Å². The molecular formula is C24H26FNO4. The molecule has 1 aliphatic rings. The van der Waals surface area contributed by atoms with Gasteiger partial charge in [-0.2, -0.15) is 0 Å². The fourth-order valence-corrected chi connectivity index (χ4v) is 3.56. The molecule has 1 aliphatic heterocycles. The molecule has 2 aromatic carbocycles. The van der Waals surface area contributed by atoms with Crippen LogP contribution in [0.25, 0.3) is 6.08 Å². The monoisotopic (exact) mass is 411 g/mol. The number of hydrogen-bond donors (Lipinski definition) is 0. The highest BCUT2D eigenvalue weighted by Gasteiger charge is 2.23. The highest BCUT2D eigenvalue weighted by molar-refractivity contribution is 5.89. The molecular weight excluding hydrogens is 385 g/mol. The van der Waals surface area contributed by atoms with E-state index in [-0.39, 0.29) is 18.3 Å². The third kappa shape index (κ3) is 6.17. The van der Waals surface area contributed by atoms with Crippen LogP contribution in [0.15, 0.2) is 54.6 Å². The van der Waals surface area contributed by atoms with Crippen LogP contribution < -0.4 is 4.74 Å². The van der Waals surface area contributed by atoms with Crippen LogP contribution in [0.5, 0.6) is 5.75 Å². The second kappa shape index (κ2) is 10.6. The minimum Gasteiger partial charge on any atom is -0.494 e. The molecule has 30 heavy (non-hydrogen) atoms. The van der Waals surface area contributed by atoms with E-state index >= 15 is 0 Å². The van der Waals surface area contributed by atoms with Gasteiger partial charge in [0.05, 0.1) is 7.11 Å². The molecule has 0 N–H and O–H groups in total. The molecule has 0 radical (unpaired) electrons. The lowest BCUT2D eigenvalue weighted by Gasteiger charge is -2.32. The highest BCUT2D eigenvalue weighted by atomic mass is 19.1. The van der Waals surface area contributed by atoms with Crippen molar-refractivity contribution in [1.82, 2.24) is 4.90 Å². The first-order valence-corrected chi connectivity index (χ1v) is 10.0. The number of benzene rings is 2. The van der Waals surface area contributed by atoms with Gasteiger partial charge < -0.3 is 14.4 Å². The minimum atomic E-state index is -0.640. The Hall–Kier alpha value is -3.15. The number of carbonyl (C=O) groups is 2. The largest absolute Gasteiger partial charge is 0.494 e. The fraction of sp³-hybridized carbons (Fsp3) is 0.333. The van der Waals surface area contributed by atoms with E-state index in [4.69, 9.17) is 9.47 Å². The number of piperidine rings is 1. The maximum Gasteiger partial charge on any atom is 0.331 e. The van der Waals surface area contributed by atoms with Crippen molar-refractivity contribution in [2.45, 2.75) is 19.3 Å². The van der Waals surface area contributed by atoms with Crippen LogP contribution in [0.3, 0.4) is 0 Å². The predicted octanol–water partition coefficient (Wildman–Crippen LogP) is 3.87. The SMILES string of the molecule is COc1ccc(/C=C/C(=O)OCC(=O)N2CCC(Cc3ccccc3)CC2)cc1F. The molecule has 1 amide bonds. The van der Waals surface area contributed by atoms with Gasteiger partial charge in [-0.3, -0.25) is 4.79 Å². The number of esters is 1. The van der Waals surface area contributed by atoms with Crippen molar-refractivity contribution >= 4 is 18.0 Å². The van der Waals surface area contributed by atoms with Gasteiger partial charge in [0, 0.05) is 19.2 Å². The van der Waals surface area contributed by atoms with Crippen molar-refractivity contribution in [3.8, 4) is 5.75 Å². The maximum atomic E-state index is 13.7. The van der Waals surface area contributed by atoms with Crippen LogP contribution in [0, 0.1) is 11.7 Å². The van der Waals surface area contributed by atoms with Gasteiger partial charge in [-0.15, -0.1) is 0 Å². The van der Waals surface area contributed by atoms with E-state index < -0.39 is 11.8 Å². The minimum absolute atomic E-state index is 0.132. The van der Waals surface area contributed by atoms with Crippen LogP contribution in [0.4, 0.5) is 4.39 Å². The smallest absolute Gasteiger partial charge is 0.331 e. The topological polar surface area (TPSA) is 55.8 Å². The highest BCUT2D eigenvalue weighted by Crippen LogP contribution is 2.22. The van der Waals surface area contributed by atoms with Crippen molar-refractivity contribution in [3.63, 3.8) is 0 Å². The first kappa shape index (κ1) is 21.6. The number of carbonyl (C=O) groups excluding carboxylic acids is 2. The van der Waals surface area contributed by atoms with Crippen molar-refractivity contribution in [1.29, 1.82) is 0 Å². The molecule has 158 valence electrons. The Bertz CT molecular complexity index is 889. The second-order valence-corrected chi connectivity index (χ2v) is 7.35. The number of nitrogens with zero attached hydrogens (tertiary/aromatic N) is 1. The summed E-state index contributed by atoms with van der Waals surface area (Å²) in [6.07, 6.45) is 5.52. The number of halogens is 1. The Kier molecular flexibility index (Phi) is 7.60. The van der Waals surface area contributed by atoms with E-state index in [0.29, 0.717) is 24.6 Å². The first-order chi connectivity index (χ1) is 14.5. The van der Waals surface area contributed by atoms with Gasteiger partial charge in [0.15, 0.2) is 18.2 Å². The molecule has 5 nitrogen and oxygen atoms in total. The Morgan fingerprint density at radius 2 is 1.87 bits per heavy atom. The number of methoxy groups -OCH3 is 1. The van der Waals surface area contributed by atoms with E-state index in [1.165, 1.54) is 37.0 Å². The molecule has 0 saturated carbocycles. The molecule has 0 bridgehead atoms. The zero-order valence-corrected chi connectivity index (χ0v) is 17.1. The van der Waals surface area contributed by atoms with E-state index in [1.54, 1.807) is 11.0 Å². The molecule has 6 heteroatoms. The third-order valence-electron chi connectivity index (χ3n) is 5.26. The van der Waals surface area contributed by atoms with Crippen LogP contribution in [0.1, 0.15) is 24.0 Å². The summed E-state index contributed by atoms with van der Waals surface area (Å²) in [5, 5.41) is 0. The summed E-state index contributed by atoms with van der Waals surface area (Å²) in [5.74, 6) is -0.650. The number of ether oxygens (including phenoxy) is 2. The van der Waals surface area contributed by atoms with E-state index in [0.717, 1.165) is 19.3 Å². The van der Waals surface area contributed by atoms with E-state index in [9.17, 15) is 14.0 Å². The van der Waals surface area contributed by atoms with Gasteiger partial charge >= 0.3 is 5.97 Å². The third-order valence-corrected chi connectivity index (χ3v) is 5.26. The lowest BCUT2D eigenvalue weighted by atomic mass is 9.90. The quantitative estimate of drug-likeness (QED) is 0.513. The molecule has 1 fully saturated rings. The molecule has 1 saturated heterocycles. The van der Waals surface area contributed by atoms with Crippen LogP contribution in [0.2, 0.25) is 0 Å². The van der Waals surface area contributed by atoms with Gasteiger partial charge in [0.1, 0.15) is 0 Å². The summed E-state index contributed by atoms with van der Waals surface area (Å²) in [4.78, 5) is 25.9. The average Bonchev–Trinajstić information content (AvgIpc) is 2.77. The summed E-state index contributed by atoms with van der Waals surface area (Å²) in [6, 6.07) is 14.7. The Labute approximate surface area is 176 Å². The molecule has 0 atom stereocenters. The van der Waals surface area contributed by atoms with Crippen molar-refractivity contribution < 1.29 is 23.5 Å². The second-order valence-electron chi connectivity index (χ2n) is 7.35. The molecule has 0 spiro atoms. The van der Waals surface area contributed by atoms with Gasteiger partial charge in [-0.05, 0) is 54.5 Å². The van der Waals surface area contributed by atoms with Crippen molar-refractivity contribution in [2.24, 2.45) is 5.92 Å². The first-order valence-electron chi connectivity index (χ1n) is 10.0. The van der Waals surface area contributed by atoms with Gasteiger partial charge in [0.25, 0.3) is 5.91 Å². The number of likely N-dealkylation sites (tertiary alicyclic amines) is 1. The molecule has 2 aromatic rings. The lowest BCUT2D eigenvalue weighted by Crippen LogP contribution is -2.41. The number of rotatable bonds is 7. The molecule has 3 rings (SSSR count). The van der Waals surface area contributed by atoms with Crippen molar-refractivity contribution in [2.75, 3.05) is 26.8 Å². The van der Waals surface area contributed by atoms with Crippen LogP contribution in [-0.2, 0) is 20.7 Å². The number of hydrogen-bond acceptors (Lipinski definition) is 4. The standard InChI is InChI=1S/C24H26FNO4/c1-29-22-9-7-19(16-21(22)25)8-10-24(28)30-17-23(27)26-13-11-20(12-14-26)15-18-5-3-2-4-6-18/h2-10,16,20H,11-15,17H2,1H3/b10-8+. The van der Waals surface area contributed by atoms with Crippen LogP contribution >= 0.6 is 0 Å². The summed E-state index contributed by atoms with van der Waals surface area (Å²) in [7, 11) is 1.38. The maximum absolute atomic E-state index is 13.7. The number of amides is 1. The van der Waals surface area contributed by atoms with Crippen LogP contribution in [-0.4, -0.2) is 43.6 Å². The summed E-state index contributed by atoms with van der Waals surface area (Å²) in [6.45, 7) is 1.06. The van der Waals surface area contributed by atoms with Crippen molar-refractivity contribution in [3.05, 3.63) is 71.6 Å². The van der Waals surface area contributed by atoms with Gasteiger partial charge in [0.2, 0.25) is 0 Å². The normalized spacial score (nSPS) is 14.7. The predicted molar refractivity (Wildman–Crippen MR) is 112 cm³/mol. The molecule has 0 unspecified atom stereocenters. The average molecular weight is 411 g/mol. The summed E-state index contributed by atoms with van der Waals surface area (Å²) >= 11 is 0.